The SMILES string of the molecule is CCCc1ccccc1N1C(=O)CS[C@H]1c1cccc(NC(=O)COc2ccccc2)c1. The molecule has 1 saturated heterocycles. The highest BCUT2D eigenvalue weighted by Gasteiger charge is 2.35. The van der Waals surface area contributed by atoms with E-state index in [1.165, 1.54) is 5.56 Å². The van der Waals surface area contributed by atoms with Gasteiger partial charge in [-0.1, -0.05) is 61.9 Å². The fraction of sp³-hybridized carbons (Fsp3) is 0.231. The van der Waals surface area contributed by atoms with Gasteiger partial charge >= 0.3 is 0 Å². The maximum absolute atomic E-state index is 12.8. The number of carbonyl (C=O) groups is 2. The van der Waals surface area contributed by atoms with E-state index in [2.05, 4.69) is 18.3 Å². The summed E-state index contributed by atoms with van der Waals surface area (Å²) in [6.45, 7) is 2.07. The number of rotatable bonds is 8. The molecule has 0 bridgehead atoms. The molecule has 5 nitrogen and oxygen atoms in total. The molecule has 6 heteroatoms. The predicted octanol–water partition coefficient (Wildman–Crippen LogP) is 5.44. The van der Waals surface area contributed by atoms with E-state index in [1.54, 1.807) is 11.8 Å². The van der Waals surface area contributed by atoms with Crippen LogP contribution in [-0.4, -0.2) is 24.2 Å². The van der Waals surface area contributed by atoms with Crippen LogP contribution < -0.4 is 15.0 Å². The van der Waals surface area contributed by atoms with Gasteiger partial charge in [-0.15, -0.1) is 11.8 Å². The second-order valence-corrected chi connectivity index (χ2v) is 8.65. The molecule has 0 unspecified atom stereocenters. The summed E-state index contributed by atoms with van der Waals surface area (Å²) >= 11 is 1.61. The van der Waals surface area contributed by atoms with Gasteiger partial charge in [-0.25, -0.2) is 0 Å². The zero-order valence-corrected chi connectivity index (χ0v) is 18.8. The first-order chi connectivity index (χ1) is 15.7. The van der Waals surface area contributed by atoms with Gasteiger partial charge in [0.05, 0.1) is 5.75 Å². The van der Waals surface area contributed by atoms with Crippen molar-refractivity contribution in [1.82, 2.24) is 0 Å². The maximum Gasteiger partial charge on any atom is 0.262 e. The summed E-state index contributed by atoms with van der Waals surface area (Å²) in [5.41, 5.74) is 3.82. The summed E-state index contributed by atoms with van der Waals surface area (Å²) in [5, 5.41) is 2.77. The molecule has 1 aliphatic heterocycles. The molecule has 32 heavy (non-hydrogen) atoms. The predicted molar refractivity (Wildman–Crippen MR) is 130 cm³/mol. The highest BCUT2D eigenvalue weighted by Crippen LogP contribution is 2.43. The molecule has 1 N–H and O–H groups in total. The minimum Gasteiger partial charge on any atom is -0.484 e. The molecular formula is C26H26N2O3S. The van der Waals surface area contributed by atoms with Gasteiger partial charge in [0.15, 0.2) is 6.61 Å². The van der Waals surface area contributed by atoms with Crippen molar-refractivity contribution in [2.75, 3.05) is 22.6 Å². The third-order valence-corrected chi connectivity index (χ3v) is 6.42. The van der Waals surface area contributed by atoms with Crippen LogP contribution in [0.1, 0.15) is 29.8 Å². The van der Waals surface area contributed by atoms with Crippen LogP contribution in [0.5, 0.6) is 5.75 Å². The van der Waals surface area contributed by atoms with Crippen molar-refractivity contribution in [3.05, 3.63) is 90.0 Å². The van der Waals surface area contributed by atoms with Gasteiger partial charge in [-0.3, -0.25) is 14.5 Å². The van der Waals surface area contributed by atoms with Crippen molar-refractivity contribution in [3.8, 4) is 5.75 Å². The first-order valence-electron chi connectivity index (χ1n) is 10.7. The summed E-state index contributed by atoms with van der Waals surface area (Å²) in [7, 11) is 0. The van der Waals surface area contributed by atoms with E-state index < -0.39 is 0 Å². The molecule has 2 amide bonds. The molecule has 4 rings (SSSR count). The molecule has 1 heterocycles. The Kier molecular flexibility index (Phi) is 7.12. The number of amides is 2. The monoisotopic (exact) mass is 446 g/mol. The minimum atomic E-state index is -0.230. The molecule has 3 aromatic carbocycles. The summed E-state index contributed by atoms with van der Waals surface area (Å²) in [5.74, 6) is 0.964. The first-order valence-corrected chi connectivity index (χ1v) is 11.8. The van der Waals surface area contributed by atoms with Gasteiger partial charge < -0.3 is 10.1 Å². The minimum absolute atomic E-state index is 0.0680. The van der Waals surface area contributed by atoms with Gasteiger partial charge in [0, 0.05) is 11.4 Å². The lowest BCUT2D eigenvalue weighted by Gasteiger charge is -2.27. The fourth-order valence-electron chi connectivity index (χ4n) is 3.79. The highest BCUT2D eigenvalue weighted by atomic mass is 32.2. The Morgan fingerprint density at radius 2 is 1.84 bits per heavy atom. The number of para-hydroxylation sites is 2. The molecule has 0 aromatic heterocycles. The van der Waals surface area contributed by atoms with Crippen LogP contribution in [0.3, 0.4) is 0 Å². The third kappa shape index (κ3) is 5.14. The van der Waals surface area contributed by atoms with Crippen LogP contribution in [0.15, 0.2) is 78.9 Å². The lowest BCUT2D eigenvalue weighted by Crippen LogP contribution is -2.29. The van der Waals surface area contributed by atoms with E-state index in [0.717, 1.165) is 24.1 Å². The lowest BCUT2D eigenvalue weighted by atomic mass is 10.1. The van der Waals surface area contributed by atoms with E-state index in [9.17, 15) is 9.59 Å². The Balaban J connectivity index is 1.49. The Morgan fingerprint density at radius 1 is 1.06 bits per heavy atom. The molecule has 1 aliphatic rings. The van der Waals surface area contributed by atoms with E-state index in [-0.39, 0.29) is 23.8 Å². The number of anilines is 2. The number of carbonyl (C=O) groups excluding carboxylic acids is 2. The van der Waals surface area contributed by atoms with Crippen molar-refractivity contribution in [2.45, 2.75) is 25.1 Å². The Morgan fingerprint density at radius 3 is 2.66 bits per heavy atom. The molecule has 164 valence electrons. The Hall–Kier alpha value is -3.25. The molecule has 1 fully saturated rings. The second-order valence-electron chi connectivity index (χ2n) is 7.58. The molecular weight excluding hydrogens is 420 g/mol. The van der Waals surface area contributed by atoms with Gasteiger partial charge in [0.1, 0.15) is 11.1 Å². The zero-order valence-electron chi connectivity index (χ0n) is 18.0. The van der Waals surface area contributed by atoms with Crippen LogP contribution in [0.25, 0.3) is 0 Å². The van der Waals surface area contributed by atoms with Crippen LogP contribution in [-0.2, 0) is 16.0 Å². The van der Waals surface area contributed by atoms with E-state index in [4.69, 9.17) is 4.74 Å². The van der Waals surface area contributed by atoms with E-state index in [0.29, 0.717) is 17.2 Å². The number of ether oxygens (including phenoxy) is 1. The topological polar surface area (TPSA) is 58.6 Å². The average molecular weight is 447 g/mol. The highest BCUT2D eigenvalue weighted by molar-refractivity contribution is 8.00. The van der Waals surface area contributed by atoms with Gasteiger partial charge in [-0.05, 0) is 47.9 Å². The Bertz CT molecular complexity index is 1090. The average Bonchev–Trinajstić information content (AvgIpc) is 3.20. The fourth-order valence-corrected chi connectivity index (χ4v) is 4.95. The number of aryl methyl sites for hydroxylation is 1. The zero-order chi connectivity index (χ0) is 22.3. The number of nitrogens with zero attached hydrogens (tertiary/aromatic N) is 1. The summed E-state index contributed by atoms with van der Waals surface area (Å²) in [6, 6.07) is 25.1. The summed E-state index contributed by atoms with van der Waals surface area (Å²) < 4.78 is 5.53. The van der Waals surface area contributed by atoms with Gasteiger partial charge in [0.25, 0.3) is 5.91 Å². The summed E-state index contributed by atoms with van der Waals surface area (Å²) in [6.07, 6.45) is 1.94. The quantitative estimate of drug-likeness (QED) is 0.501. The molecule has 0 radical (unpaired) electrons. The van der Waals surface area contributed by atoms with E-state index in [1.807, 2.05) is 77.7 Å². The maximum atomic E-state index is 12.8. The lowest BCUT2D eigenvalue weighted by molar-refractivity contribution is -0.118. The van der Waals surface area contributed by atoms with Crippen molar-refractivity contribution in [1.29, 1.82) is 0 Å². The number of thioether (sulfide) groups is 1. The standard InChI is InChI=1S/C26H26N2O3S/c1-2-9-19-10-6-7-15-23(19)28-25(30)18-32-26(28)20-11-8-12-21(16-20)27-24(29)17-31-22-13-4-3-5-14-22/h3-8,10-16,26H,2,9,17-18H2,1H3,(H,27,29)/t26-/m0/s1. The smallest absolute Gasteiger partial charge is 0.262 e. The van der Waals surface area contributed by atoms with Crippen LogP contribution in [0.4, 0.5) is 11.4 Å². The number of hydrogen-bond acceptors (Lipinski definition) is 4. The van der Waals surface area contributed by atoms with Gasteiger partial charge in [-0.2, -0.15) is 0 Å². The molecule has 0 aliphatic carbocycles. The van der Waals surface area contributed by atoms with Crippen molar-refractivity contribution >= 4 is 35.0 Å². The number of hydrogen-bond donors (Lipinski definition) is 1. The summed E-state index contributed by atoms with van der Waals surface area (Å²) in [4.78, 5) is 27.1. The van der Waals surface area contributed by atoms with Crippen LogP contribution in [0.2, 0.25) is 0 Å². The van der Waals surface area contributed by atoms with Crippen molar-refractivity contribution in [2.24, 2.45) is 0 Å². The molecule has 0 saturated carbocycles. The largest absolute Gasteiger partial charge is 0.484 e. The molecule has 1 atom stereocenters. The molecule has 0 spiro atoms. The third-order valence-electron chi connectivity index (χ3n) is 5.21. The van der Waals surface area contributed by atoms with Crippen LogP contribution >= 0.6 is 11.8 Å². The van der Waals surface area contributed by atoms with E-state index >= 15 is 0 Å². The van der Waals surface area contributed by atoms with Crippen LogP contribution in [0, 0.1) is 0 Å². The first kappa shape index (κ1) is 22.0. The number of benzene rings is 3. The van der Waals surface area contributed by atoms with Crippen molar-refractivity contribution < 1.29 is 14.3 Å². The van der Waals surface area contributed by atoms with Crippen molar-refractivity contribution in [3.63, 3.8) is 0 Å². The Labute approximate surface area is 192 Å². The second kappa shape index (κ2) is 10.4. The van der Waals surface area contributed by atoms with Gasteiger partial charge in [0.2, 0.25) is 5.91 Å². The normalized spacial score (nSPS) is 15.6. The molecule has 3 aromatic rings. The number of nitrogens with one attached hydrogen (secondary N) is 1.